The summed E-state index contributed by atoms with van der Waals surface area (Å²) in [6, 6.07) is 2.60. The molecule has 3 rings (SSSR count). The summed E-state index contributed by atoms with van der Waals surface area (Å²) in [6.07, 6.45) is 1.79. The highest BCUT2D eigenvalue weighted by molar-refractivity contribution is 8.25. The van der Waals surface area contributed by atoms with Gasteiger partial charge < -0.3 is 13.2 Å². The van der Waals surface area contributed by atoms with Gasteiger partial charge >= 0.3 is 26.2 Å². The third-order valence-electron chi connectivity index (χ3n) is 3.49. The molecule has 0 aromatic heterocycles. The number of fused-ring (bicyclic) bond motifs is 1. The number of hydrogen-bond acceptors (Lipinski definition) is 11. The number of thioether (sulfide) groups is 2. The molecule has 0 fully saturated rings. The summed E-state index contributed by atoms with van der Waals surface area (Å²) in [6.45, 7) is 5.59. The van der Waals surface area contributed by atoms with E-state index in [9.17, 15) is 21.6 Å². The van der Waals surface area contributed by atoms with Gasteiger partial charge in [0.25, 0.3) is 0 Å². The van der Waals surface area contributed by atoms with Crippen molar-refractivity contribution in [1.29, 1.82) is 0 Å². The van der Waals surface area contributed by atoms with Crippen LogP contribution in [0, 0.1) is 5.41 Å². The van der Waals surface area contributed by atoms with Crippen molar-refractivity contribution in [2.24, 2.45) is 10.6 Å². The van der Waals surface area contributed by atoms with E-state index in [1.807, 2.05) is 20.8 Å². The molecule has 0 atom stereocenters. The Morgan fingerprint density at radius 1 is 0.931 bits per heavy atom. The van der Waals surface area contributed by atoms with Gasteiger partial charge in [-0.2, -0.15) is 16.8 Å². The third kappa shape index (κ3) is 4.90. The predicted octanol–water partition coefficient (Wildman–Crippen LogP) is 2.73. The Balaban J connectivity index is 2.16. The van der Waals surface area contributed by atoms with Crippen LogP contribution in [-0.4, -0.2) is 41.0 Å². The molecular weight excluding hydrogens is 462 g/mol. The third-order valence-corrected chi connectivity index (χ3v) is 7.08. The van der Waals surface area contributed by atoms with Crippen molar-refractivity contribution in [2.75, 3.05) is 12.5 Å². The van der Waals surface area contributed by atoms with E-state index in [-0.39, 0.29) is 17.1 Å². The topological polar surface area (TPSA) is 125 Å². The summed E-state index contributed by atoms with van der Waals surface area (Å²) < 4.78 is 57.0. The van der Waals surface area contributed by atoms with Gasteiger partial charge in [-0.15, -0.1) is 0 Å². The second kappa shape index (κ2) is 7.22. The summed E-state index contributed by atoms with van der Waals surface area (Å²) in [5.41, 5.74) is 0.170. The lowest BCUT2D eigenvalue weighted by molar-refractivity contribution is -0.136. The lowest BCUT2D eigenvalue weighted by Crippen LogP contribution is -2.22. The van der Waals surface area contributed by atoms with Crippen LogP contribution in [0.4, 0.5) is 0 Å². The van der Waals surface area contributed by atoms with Crippen LogP contribution in [0.5, 0.6) is 11.5 Å². The lowest BCUT2D eigenvalue weighted by atomic mass is 9.86. The fourth-order valence-corrected chi connectivity index (χ4v) is 6.15. The van der Waals surface area contributed by atoms with E-state index in [1.54, 1.807) is 0 Å². The van der Waals surface area contributed by atoms with Gasteiger partial charge in [-0.3, -0.25) is 0 Å². The summed E-state index contributed by atoms with van der Waals surface area (Å²) in [4.78, 5) is 17.8. The number of carbonyl (C=O) groups is 1. The molecule has 13 heteroatoms. The van der Waals surface area contributed by atoms with Gasteiger partial charge in [0.15, 0.2) is 11.5 Å². The van der Waals surface area contributed by atoms with Crippen LogP contribution in [0.15, 0.2) is 36.9 Å². The molecule has 0 saturated carbocycles. The Morgan fingerprint density at radius 2 is 1.38 bits per heavy atom. The van der Waals surface area contributed by atoms with Crippen LogP contribution in [0.25, 0.3) is 0 Å². The first kappa shape index (κ1) is 22.0. The molecule has 158 valence electrons. The van der Waals surface area contributed by atoms with Gasteiger partial charge in [-0.25, -0.2) is 4.79 Å². The highest BCUT2D eigenvalue weighted by Crippen LogP contribution is 2.60. The molecular formula is C16H17NO8S4. The van der Waals surface area contributed by atoms with Crippen molar-refractivity contribution >= 4 is 55.4 Å². The fourth-order valence-electron chi connectivity index (χ4n) is 2.45. The van der Waals surface area contributed by atoms with Gasteiger partial charge in [-0.05, 0) is 12.1 Å². The number of oxime groups is 1. The van der Waals surface area contributed by atoms with Crippen LogP contribution in [0.1, 0.15) is 20.8 Å². The van der Waals surface area contributed by atoms with E-state index >= 15 is 0 Å². The first-order chi connectivity index (χ1) is 13.2. The van der Waals surface area contributed by atoms with Crippen LogP contribution < -0.4 is 8.37 Å². The van der Waals surface area contributed by atoms with Gasteiger partial charge in [0.2, 0.25) is 0 Å². The Bertz CT molecular complexity index is 1110. The Labute approximate surface area is 177 Å². The molecule has 0 radical (unpaired) electrons. The molecule has 2 aliphatic heterocycles. The summed E-state index contributed by atoms with van der Waals surface area (Å²) in [7, 11) is -7.68. The van der Waals surface area contributed by atoms with E-state index in [0.29, 0.717) is 19.7 Å². The molecule has 0 amide bonds. The minimum Gasteiger partial charge on any atom is -0.381 e. The number of benzene rings is 1. The number of carbonyl (C=O) groups excluding carboxylic acids is 1. The maximum atomic E-state index is 12.3. The first-order valence-corrected chi connectivity index (χ1v) is 13.3. The van der Waals surface area contributed by atoms with Crippen molar-refractivity contribution in [2.45, 2.75) is 30.6 Å². The van der Waals surface area contributed by atoms with E-state index in [4.69, 9.17) is 13.2 Å². The SMILES string of the molecule is CC(C)(C)C1=NOC(=O)C1=C1Sc2c(OS(C)(=O)=O)ccc(OS(C)(=O)=O)c2S1. The van der Waals surface area contributed by atoms with E-state index in [2.05, 4.69) is 5.16 Å². The average molecular weight is 480 g/mol. The number of rotatable bonds is 4. The highest BCUT2D eigenvalue weighted by atomic mass is 32.2. The zero-order chi connectivity index (χ0) is 21.8. The summed E-state index contributed by atoms with van der Waals surface area (Å²) in [5.74, 6) is -0.650. The van der Waals surface area contributed by atoms with Crippen molar-refractivity contribution in [3.05, 3.63) is 21.9 Å². The largest absolute Gasteiger partial charge is 0.381 e. The second-order valence-corrected chi connectivity index (χ2v) is 12.7. The van der Waals surface area contributed by atoms with E-state index in [0.717, 1.165) is 36.0 Å². The van der Waals surface area contributed by atoms with Crippen molar-refractivity contribution < 1.29 is 34.8 Å². The smallest absolute Gasteiger partial charge is 0.369 e. The number of hydrogen-bond donors (Lipinski definition) is 0. The molecule has 0 unspecified atom stereocenters. The summed E-state index contributed by atoms with van der Waals surface area (Å²) in [5, 5.41) is 3.87. The van der Waals surface area contributed by atoms with Crippen LogP contribution >= 0.6 is 23.5 Å². The van der Waals surface area contributed by atoms with Crippen LogP contribution in [0.3, 0.4) is 0 Å². The minimum absolute atomic E-state index is 0.00272. The van der Waals surface area contributed by atoms with Gasteiger partial charge in [0, 0.05) is 5.41 Å². The molecule has 0 bridgehead atoms. The van der Waals surface area contributed by atoms with Gasteiger partial charge in [0.1, 0.15) is 11.3 Å². The molecule has 1 aromatic carbocycles. The molecule has 0 aliphatic carbocycles. The number of nitrogens with zero attached hydrogens (tertiary/aromatic N) is 1. The molecule has 1 aromatic rings. The molecule has 29 heavy (non-hydrogen) atoms. The molecule has 9 nitrogen and oxygen atoms in total. The maximum absolute atomic E-state index is 12.3. The zero-order valence-electron chi connectivity index (χ0n) is 16.0. The standard InChI is InChI=1S/C16H17NO8S4/c1-16(2,3)13-10(14(18)23-17-13)15-26-11-8(24-28(4,19)20)6-7-9(12(11)27-15)25-29(5,21)22/h6-7H,1-5H3. The molecule has 2 aliphatic rings. The highest BCUT2D eigenvalue weighted by Gasteiger charge is 2.40. The van der Waals surface area contributed by atoms with Crippen molar-refractivity contribution in [3.63, 3.8) is 0 Å². The zero-order valence-corrected chi connectivity index (χ0v) is 19.3. The molecule has 0 spiro atoms. The van der Waals surface area contributed by atoms with Crippen LogP contribution in [-0.2, 0) is 29.9 Å². The van der Waals surface area contributed by atoms with Crippen LogP contribution in [0.2, 0.25) is 0 Å². The monoisotopic (exact) mass is 479 g/mol. The van der Waals surface area contributed by atoms with E-state index in [1.165, 1.54) is 12.1 Å². The normalized spacial score (nSPS) is 17.1. The Morgan fingerprint density at radius 3 is 1.76 bits per heavy atom. The summed E-state index contributed by atoms with van der Waals surface area (Å²) >= 11 is 2.12. The van der Waals surface area contributed by atoms with Gasteiger partial charge in [0.05, 0.1) is 26.5 Å². The Hall–Kier alpha value is -1.70. The molecule has 0 saturated heterocycles. The lowest BCUT2D eigenvalue weighted by Gasteiger charge is -2.17. The molecule has 0 N–H and O–H groups in total. The van der Waals surface area contributed by atoms with Crippen molar-refractivity contribution in [1.82, 2.24) is 0 Å². The predicted molar refractivity (Wildman–Crippen MR) is 109 cm³/mol. The van der Waals surface area contributed by atoms with E-state index < -0.39 is 31.6 Å². The fraction of sp³-hybridized carbons (Fsp3) is 0.375. The Kier molecular flexibility index (Phi) is 5.47. The van der Waals surface area contributed by atoms with Gasteiger partial charge in [-0.1, -0.05) is 49.5 Å². The first-order valence-electron chi connectivity index (χ1n) is 8.02. The minimum atomic E-state index is -3.84. The quantitative estimate of drug-likeness (QED) is 0.361. The average Bonchev–Trinajstić information content (AvgIpc) is 3.10. The maximum Gasteiger partial charge on any atom is 0.369 e. The second-order valence-electron chi connectivity index (χ2n) is 7.23. The molecule has 2 heterocycles. The van der Waals surface area contributed by atoms with Crippen molar-refractivity contribution in [3.8, 4) is 11.5 Å².